The Morgan fingerprint density at radius 3 is 2.34 bits per heavy atom. The highest BCUT2D eigenvalue weighted by Gasteiger charge is 2.23. The lowest BCUT2D eigenvalue weighted by Gasteiger charge is -2.20. The molecule has 3 rings (SSSR count). The first-order valence-corrected chi connectivity index (χ1v) is 11.5. The SMILES string of the molecule is CCn1c(Oc2ccc(S(C)(=O)=O)cc2)cc(=O)c(C(=O)O)c1-c1ccc(C#N)c(Cl)c1. The first kappa shape index (κ1) is 23.1. The Labute approximate surface area is 188 Å². The normalized spacial score (nSPS) is 11.1. The van der Waals surface area contributed by atoms with Crippen LogP contribution in [0.4, 0.5) is 0 Å². The second-order valence-electron chi connectivity index (χ2n) is 6.77. The van der Waals surface area contributed by atoms with E-state index in [0.29, 0.717) is 5.56 Å². The van der Waals surface area contributed by atoms with E-state index in [0.717, 1.165) is 12.3 Å². The molecule has 0 unspecified atom stereocenters. The predicted molar refractivity (Wildman–Crippen MR) is 118 cm³/mol. The van der Waals surface area contributed by atoms with Crippen molar-refractivity contribution < 1.29 is 23.1 Å². The van der Waals surface area contributed by atoms with Crippen LogP contribution in [0.25, 0.3) is 11.3 Å². The van der Waals surface area contributed by atoms with Gasteiger partial charge >= 0.3 is 5.97 Å². The van der Waals surface area contributed by atoms with Gasteiger partial charge in [0.2, 0.25) is 11.3 Å². The van der Waals surface area contributed by atoms with Crippen molar-refractivity contribution in [3.63, 3.8) is 0 Å². The monoisotopic (exact) mass is 472 g/mol. The highest BCUT2D eigenvalue weighted by Crippen LogP contribution is 2.32. The minimum atomic E-state index is -3.39. The summed E-state index contributed by atoms with van der Waals surface area (Å²) >= 11 is 6.13. The van der Waals surface area contributed by atoms with Gasteiger partial charge in [-0.25, -0.2) is 13.2 Å². The van der Waals surface area contributed by atoms with Gasteiger partial charge in [0.15, 0.2) is 9.84 Å². The number of nitrogens with zero attached hydrogens (tertiary/aromatic N) is 2. The van der Waals surface area contributed by atoms with Gasteiger partial charge in [0.05, 0.1) is 21.2 Å². The summed E-state index contributed by atoms with van der Waals surface area (Å²) in [5.74, 6) is -1.10. The van der Waals surface area contributed by atoms with Crippen molar-refractivity contribution in [2.45, 2.75) is 18.4 Å². The topological polar surface area (TPSA) is 126 Å². The van der Waals surface area contributed by atoms with Crippen LogP contribution in [0.3, 0.4) is 0 Å². The van der Waals surface area contributed by atoms with E-state index in [9.17, 15) is 23.1 Å². The van der Waals surface area contributed by atoms with E-state index < -0.39 is 26.8 Å². The number of carboxylic acids is 1. The lowest BCUT2D eigenvalue weighted by atomic mass is 10.0. The molecule has 32 heavy (non-hydrogen) atoms. The van der Waals surface area contributed by atoms with Gasteiger partial charge in [-0.1, -0.05) is 17.7 Å². The van der Waals surface area contributed by atoms with Gasteiger partial charge in [0, 0.05) is 24.4 Å². The molecule has 0 amide bonds. The summed E-state index contributed by atoms with van der Waals surface area (Å²) in [6.07, 6.45) is 1.08. The third-order valence-electron chi connectivity index (χ3n) is 4.64. The van der Waals surface area contributed by atoms with Gasteiger partial charge in [-0.2, -0.15) is 5.26 Å². The standard InChI is InChI=1S/C22H17ClN2O6S/c1-3-25-19(31-15-6-8-16(9-7-15)32(2,29)30)11-18(26)20(22(27)28)21(25)13-4-5-14(12-24)17(23)10-13/h4-11H,3H2,1-2H3,(H,27,28). The van der Waals surface area contributed by atoms with Gasteiger partial charge in [-0.05, 0) is 43.3 Å². The zero-order valence-electron chi connectivity index (χ0n) is 17.0. The van der Waals surface area contributed by atoms with Crippen LogP contribution < -0.4 is 10.2 Å². The molecule has 0 atom stereocenters. The fourth-order valence-corrected chi connectivity index (χ4v) is 4.01. The van der Waals surface area contributed by atoms with Crippen LogP contribution >= 0.6 is 11.6 Å². The Hall–Kier alpha value is -3.61. The summed E-state index contributed by atoms with van der Waals surface area (Å²) in [5, 5.41) is 18.9. The summed E-state index contributed by atoms with van der Waals surface area (Å²) in [6, 6.07) is 12.9. The molecule has 1 aromatic heterocycles. The molecular formula is C22H17ClN2O6S. The van der Waals surface area contributed by atoms with Crippen LogP contribution in [0.2, 0.25) is 5.02 Å². The Bertz CT molecular complexity index is 1420. The maximum Gasteiger partial charge on any atom is 0.341 e. The number of benzene rings is 2. The Balaban J connectivity index is 2.21. The molecule has 0 radical (unpaired) electrons. The smallest absolute Gasteiger partial charge is 0.341 e. The molecule has 0 spiro atoms. The molecule has 2 aromatic carbocycles. The van der Waals surface area contributed by atoms with E-state index in [1.165, 1.54) is 47.0 Å². The maximum absolute atomic E-state index is 12.7. The summed E-state index contributed by atoms with van der Waals surface area (Å²) in [6.45, 7) is 1.98. The molecule has 0 bridgehead atoms. The summed E-state index contributed by atoms with van der Waals surface area (Å²) in [7, 11) is -3.39. The van der Waals surface area contributed by atoms with E-state index in [4.69, 9.17) is 21.6 Å². The molecule has 0 fully saturated rings. The average molecular weight is 473 g/mol. The second-order valence-corrected chi connectivity index (χ2v) is 9.19. The number of pyridine rings is 1. The van der Waals surface area contributed by atoms with Crippen molar-refractivity contribution >= 4 is 27.4 Å². The third kappa shape index (κ3) is 4.51. The lowest BCUT2D eigenvalue weighted by Crippen LogP contribution is -2.21. The molecule has 0 saturated heterocycles. The minimum Gasteiger partial charge on any atom is -0.477 e. The van der Waals surface area contributed by atoms with Gasteiger partial charge < -0.3 is 14.4 Å². The number of carboxylic acid groups (broad SMARTS) is 1. The molecule has 0 aliphatic carbocycles. The molecule has 1 heterocycles. The molecular weight excluding hydrogens is 456 g/mol. The number of halogens is 1. The lowest BCUT2D eigenvalue weighted by molar-refractivity contribution is 0.0695. The molecule has 3 aromatic rings. The van der Waals surface area contributed by atoms with E-state index in [1.54, 1.807) is 6.92 Å². The van der Waals surface area contributed by atoms with Crippen LogP contribution in [-0.2, 0) is 16.4 Å². The molecule has 8 nitrogen and oxygen atoms in total. The van der Waals surface area contributed by atoms with Gasteiger partial charge in [-0.15, -0.1) is 0 Å². The predicted octanol–water partition coefficient (Wildman–Crippen LogP) is 3.95. The van der Waals surface area contributed by atoms with E-state index in [1.807, 2.05) is 6.07 Å². The number of carbonyl (C=O) groups is 1. The fraction of sp³-hybridized carbons (Fsp3) is 0.136. The molecule has 0 saturated carbocycles. The fourth-order valence-electron chi connectivity index (χ4n) is 3.16. The highest BCUT2D eigenvalue weighted by atomic mass is 35.5. The Morgan fingerprint density at radius 2 is 1.84 bits per heavy atom. The van der Waals surface area contributed by atoms with Crippen LogP contribution in [0.5, 0.6) is 11.6 Å². The Kier molecular flexibility index (Phi) is 6.39. The van der Waals surface area contributed by atoms with Crippen molar-refractivity contribution in [3.8, 4) is 29.0 Å². The van der Waals surface area contributed by atoms with E-state index >= 15 is 0 Å². The number of sulfone groups is 1. The quantitative estimate of drug-likeness (QED) is 0.575. The van der Waals surface area contributed by atoms with E-state index in [-0.39, 0.29) is 39.3 Å². The van der Waals surface area contributed by atoms with Gasteiger partial charge in [0.25, 0.3) is 0 Å². The number of nitriles is 1. The van der Waals surface area contributed by atoms with Crippen molar-refractivity contribution in [1.29, 1.82) is 5.26 Å². The third-order valence-corrected chi connectivity index (χ3v) is 6.08. The van der Waals surface area contributed by atoms with E-state index in [2.05, 4.69) is 0 Å². The molecule has 164 valence electrons. The Morgan fingerprint density at radius 1 is 1.19 bits per heavy atom. The summed E-state index contributed by atoms with van der Waals surface area (Å²) in [4.78, 5) is 24.7. The minimum absolute atomic E-state index is 0.0603. The molecule has 0 aliphatic heterocycles. The van der Waals surface area contributed by atoms with Crippen LogP contribution in [0, 0.1) is 11.3 Å². The van der Waals surface area contributed by atoms with Crippen molar-refractivity contribution in [1.82, 2.24) is 4.57 Å². The molecule has 0 aliphatic rings. The molecule has 10 heteroatoms. The maximum atomic E-state index is 12.7. The summed E-state index contributed by atoms with van der Waals surface area (Å²) < 4.78 is 30.6. The summed E-state index contributed by atoms with van der Waals surface area (Å²) in [5.41, 5.74) is -0.645. The number of aromatic nitrogens is 1. The molecule has 1 N–H and O–H groups in total. The second kappa shape index (κ2) is 8.86. The van der Waals surface area contributed by atoms with Crippen LogP contribution in [-0.4, -0.2) is 30.3 Å². The van der Waals surface area contributed by atoms with Gasteiger partial charge in [-0.3, -0.25) is 4.79 Å². The van der Waals surface area contributed by atoms with Crippen molar-refractivity contribution in [2.75, 3.05) is 6.26 Å². The van der Waals surface area contributed by atoms with Crippen molar-refractivity contribution in [3.05, 3.63) is 74.9 Å². The average Bonchev–Trinajstić information content (AvgIpc) is 2.72. The number of rotatable bonds is 6. The zero-order chi connectivity index (χ0) is 23.6. The number of ether oxygens (including phenoxy) is 1. The van der Waals surface area contributed by atoms with Gasteiger partial charge in [0.1, 0.15) is 17.4 Å². The number of aromatic carboxylic acids is 1. The van der Waals surface area contributed by atoms with Crippen LogP contribution in [0.1, 0.15) is 22.8 Å². The van der Waals surface area contributed by atoms with Crippen molar-refractivity contribution in [2.24, 2.45) is 0 Å². The number of hydrogen-bond acceptors (Lipinski definition) is 6. The first-order chi connectivity index (χ1) is 15.1. The van der Waals surface area contributed by atoms with Crippen LogP contribution in [0.15, 0.2) is 58.2 Å². The number of hydrogen-bond donors (Lipinski definition) is 1. The highest BCUT2D eigenvalue weighted by molar-refractivity contribution is 7.90. The first-order valence-electron chi connectivity index (χ1n) is 9.26. The zero-order valence-corrected chi connectivity index (χ0v) is 18.6. The largest absolute Gasteiger partial charge is 0.477 e.